The quantitative estimate of drug-likeness (QED) is 0.678. The molecule has 0 radical (unpaired) electrons. The molecule has 0 aromatic heterocycles. The van der Waals surface area contributed by atoms with Gasteiger partial charge in [0, 0.05) is 19.1 Å². The van der Waals surface area contributed by atoms with Gasteiger partial charge in [-0.2, -0.15) is 0 Å². The second-order valence-corrected chi connectivity index (χ2v) is 7.51. The maximum Gasteiger partial charge on any atom is 0.0105 e. The molecule has 3 atom stereocenters. The van der Waals surface area contributed by atoms with E-state index in [1.807, 2.05) is 0 Å². The number of hydrogen-bond donors (Lipinski definition) is 1. The van der Waals surface area contributed by atoms with E-state index < -0.39 is 0 Å². The monoisotopic (exact) mass is 296 g/mol. The highest BCUT2D eigenvalue weighted by Crippen LogP contribution is 2.34. The summed E-state index contributed by atoms with van der Waals surface area (Å²) < 4.78 is 0. The first-order chi connectivity index (χ1) is 10.0. The van der Waals surface area contributed by atoms with E-state index in [1.54, 1.807) is 0 Å². The lowest BCUT2D eigenvalue weighted by molar-refractivity contribution is 0.117. The van der Waals surface area contributed by atoms with Crippen LogP contribution >= 0.6 is 0 Å². The van der Waals surface area contributed by atoms with Gasteiger partial charge in [0.15, 0.2) is 0 Å². The van der Waals surface area contributed by atoms with Gasteiger partial charge in [0.2, 0.25) is 0 Å². The third kappa shape index (κ3) is 5.90. The van der Waals surface area contributed by atoms with Crippen LogP contribution in [0.5, 0.6) is 0 Å². The van der Waals surface area contributed by atoms with Crippen molar-refractivity contribution in [1.29, 1.82) is 0 Å². The smallest absolute Gasteiger partial charge is 0.0105 e. The molecule has 2 heteroatoms. The maximum atomic E-state index is 3.60. The van der Waals surface area contributed by atoms with Crippen LogP contribution < -0.4 is 5.32 Å². The predicted molar refractivity (Wildman–Crippen MR) is 94.7 cm³/mol. The normalized spacial score (nSPS) is 27.0. The van der Waals surface area contributed by atoms with Crippen LogP contribution in [0.15, 0.2) is 0 Å². The number of hydrogen-bond acceptors (Lipinski definition) is 2. The number of rotatable bonds is 9. The van der Waals surface area contributed by atoms with E-state index in [0.29, 0.717) is 0 Å². The van der Waals surface area contributed by atoms with Crippen LogP contribution in [0.3, 0.4) is 0 Å². The Morgan fingerprint density at radius 2 is 1.76 bits per heavy atom. The summed E-state index contributed by atoms with van der Waals surface area (Å²) in [5, 5.41) is 3.60. The summed E-state index contributed by atoms with van der Waals surface area (Å²) in [6, 6.07) is 0.732. The minimum absolute atomic E-state index is 0.732. The van der Waals surface area contributed by atoms with E-state index in [9.17, 15) is 0 Å². The third-order valence-corrected chi connectivity index (χ3v) is 5.95. The van der Waals surface area contributed by atoms with E-state index >= 15 is 0 Å². The first-order valence-electron chi connectivity index (χ1n) is 9.45. The van der Waals surface area contributed by atoms with Crippen LogP contribution in [0.25, 0.3) is 0 Å². The zero-order valence-electron chi connectivity index (χ0n) is 15.5. The summed E-state index contributed by atoms with van der Waals surface area (Å²) in [4.78, 5) is 2.72. The fourth-order valence-corrected chi connectivity index (χ4v) is 4.06. The second kappa shape index (κ2) is 9.84. The summed E-state index contributed by atoms with van der Waals surface area (Å²) in [7, 11) is 2.16. The Labute approximate surface area is 134 Å². The van der Waals surface area contributed by atoms with E-state index in [1.165, 1.54) is 51.7 Å². The molecule has 0 spiro atoms. The molecule has 0 bridgehead atoms. The van der Waals surface area contributed by atoms with Gasteiger partial charge in [-0.3, -0.25) is 0 Å². The summed E-state index contributed by atoms with van der Waals surface area (Å²) in [5.41, 5.74) is 0. The fraction of sp³-hybridized carbons (Fsp3) is 1.00. The predicted octanol–water partition coefficient (Wildman–Crippen LogP) is 4.40. The number of nitrogens with zero attached hydrogens (tertiary/aromatic N) is 1. The Kier molecular flexibility index (Phi) is 8.89. The van der Waals surface area contributed by atoms with Gasteiger partial charge < -0.3 is 10.2 Å². The van der Waals surface area contributed by atoms with E-state index in [4.69, 9.17) is 0 Å². The summed E-state index contributed by atoms with van der Waals surface area (Å²) in [5.74, 6) is 3.50. The van der Waals surface area contributed by atoms with E-state index in [2.05, 4.69) is 51.9 Å². The van der Waals surface area contributed by atoms with Crippen LogP contribution in [-0.4, -0.2) is 37.6 Å². The van der Waals surface area contributed by atoms with Crippen molar-refractivity contribution in [3.63, 3.8) is 0 Å². The molecule has 0 aromatic rings. The van der Waals surface area contributed by atoms with Crippen molar-refractivity contribution >= 4 is 0 Å². The van der Waals surface area contributed by atoms with Gasteiger partial charge in [0.25, 0.3) is 0 Å². The first-order valence-corrected chi connectivity index (χ1v) is 9.45. The van der Waals surface area contributed by atoms with Crippen molar-refractivity contribution < 1.29 is 0 Å². The van der Waals surface area contributed by atoms with Crippen LogP contribution in [0.1, 0.15) is 66.7 Å². The first kappa shape index (κ1) is 19.0. The Bertz CT molecular complexity index is 260. The summed E-state index contributed by atoms with van der Waals surface area (Å²) >= 11 is 0. The van der Waals surface area contributed by atoms with Crippen molar-refractivity contribution in [3.05, 3.63) is 0 Å². The lowest BCUT2D eigenvalue weighted by Gasteiger charge is -2.40. The Hall–Kier alpha value is -0.0800. The Morgan fingerprint density at radius 3 is 2.24 bits per heavy atom. The van der Waals surface area contributed by atoms with Gasteiger partial charge in [-0.25, -0.2) is 0 Å². The van der Waals surface area contributed by atoms with Gasteiger partial charge in [-0.1, -0.05) is 47.5 Å². The molecule has 1 rings (SSSR count). The molecule has 0 amide bonds. The summed E-state index contributed by atoms with van der Waals surface area (Å²) in [6.07, 6.45) is 6.84. The molecule has 2 nitrogen and oxygen atoms in total. The van der Waals surface area contributed by atoms with Gasteiger partial charge in [-0.15, -0.1) is 0 Å². The molecular formula is C19H40N2. The second-order valence-electron chi connectivity index (χ2n) is 7.51. The largest absolute Gasteiger partial charge is 0.317 e. The van der Waals surface area contributed by atoms with Crippen LogP contribution in [0.4, 0.5) is 0 Å². The van der Waals surface area contributed by atoms with Gasteiger partial charge in [-0.05, 0) is 56.5 Å². The molecule has 1 saturated carbocycles. The highest BCUT2D eigenvalue weighted by atomic mass is 15.1. The van der Waals surface area contributed by atoms with E-state index in [-0.39, 0.29) is 0 Å². The molecule has 0 aromatic carbocycles. The van der Waals surface area contributed by atoms with Crippen molar-refractivity contribution in [3.8, 4) is 0 Å². The van der Waals surface area contributed by atoms with Gasteiger partial charge in [0.1, 0.15) is 0 Å². The highest BCUT2D eigenvalue weighted by molar-refractivity contribution is 4.87. The van der Waals surface area contributed by atoms with Crippen molar-refractivity contribution in [2.24, 2.45) is 23.7 Å². The molecule has 1 aliphatic rings. The minimum Gasteiger partial charge on any atom is -0.317 e. The minimum atomic E-state index is 0.732. The topological polar surface area (TPSA) is 15.3 Å². The van der Waals surface area contributed by atoms with Crippen LogP contribution in [-0.2, 0) is 0 Å². The SMILES string of the molecule is CCC(CC)CN(CC)CC1CC(C(C)C)CCC1NC. The fourth-order valence-electron chi connectivity index (χ4n) is 4.06. The highest BCUT2D eigenvalue weighted by Gasteiger charge is 2.32. The molecule has 0 heterocycles. The number of nitrogens with one attached hydrogen (secondary N) is 1. The average Bonchev–Trinajstić information content (AvgIpc) is 2.50. The molecule has 1 aliphatic carbocycles. The van der Waals surface area contributed by atoms with E-state index in [0.717, 1.165) is 29.7 Å². The molecule has 126 valence electrons. The van der Waals surface area contributed by atoms with Crippen LogP contribution in [0.2, 0.25) is 0 Å². The molecular weight excluding hydrogens is 256 g/mol. The van der Waals surface area contributed by atoms with Crippen molar-refractivity contribution in [2.45, 2.75) is 72.8 Å². The Balaban J connectivity index is 2.60. The zero-order chi connectivity index (χ0) is 15.8. The lowest BCUT2D eigenvalue weighted by Crippen LogP contribution is -2.46. The molecule has 1 N–H and O–H groups in total. The average molecular weight is 297 g/mol. The van der Waals surface area contributed by atoms with Crippen LogP contribution in [0, 0.1) is 23.7 Å². The summed E-state index contributed by atoms with van der Waals surface area (Å²) in [6.45, 7) is 15.6. The molecule has 0 saturated heterocycles. The molecule has 3 unspecified atom stereocenters. The maximum absolute atomic E-state index is 3.60. The standard InChI is InChI=1S/C19H40N2/c1-7-16(8-2)13-21(9-3)14-18-12-17(15(4)5)10-11-19(18)20-6/h15-20H,7-14H2,1-6H3. The van der Waals surface area contributed by atoms with Gasteiger partial charge in [0.05, 0.1) is 0 Å². The zero-order valence-corrected chi connectivity index (χ0v) is 15.5. The molecule has 21 heavy (non-hydrogen) atoms. The lowest BCUT2D eigenvalue weighted by atomic mass is 9.73. The van der Waals surface area contributed by atoms with Gasteiger partial charge >= 0.3 is 0 Å². The van der Waals surface area contributed by atoms with Crippen molar-refractivity contribution in [1.82, 2.24) is 10.2 Å². The Morgan fingerprint density at radius 1 is 1.10 bits per heavy atom. The van der Waals surface area contributed by atoms with Crippen molar-refractivity contribution in [2.75, 3.05) is 26.7 Å². The molecule has 0 aliphatic heterocycles. The third-order valence-electron chi connectivity index (χ3n) is 5.95. The molecule has 1 fully saturated rings.